The summed E-state index contributed by atoms with van der Waals surface area (Å²) in [5.74, 6) is 3.23. The van der Waals surface area contributed by atoms with Crippen molar-refractivity contribution in [3.8, 4) is 0 Å². The van der Waals surface area contributed by atoms with E-state index >= 15 is 0 Å². The summed E-state index contributed by atoms with van der Waals surface area (Å²) in [6.07, 6.45) is 5.30. The van der Waals surface area contributed by atoms with Crippen molar-refractivity contribution in [1.82, 2.24) is 4.98 Å². The maximum Gasteiger partial charge on any atom is 0.123 e. The van der Waals surface area contributed by atoms with E-state index in [9.17, 15) is 4.39 Å². The van der Waals surface area contributed by atoms with Crippen LogP contribution in [0.25, 0.3) is 21.8 Å². The predicted octanol–water partition coefficient (Wildman–Crippen LogP) is 6.34. The Labute approximate surface area is 146 Å². The second kappa shape index (κ2) is 5.23. The summed E-state index contributed by atoms with van der Waals surface area (Å²) in [4.78, 5) is 3.38. The Bertz CT molecular complexity index is 938. The van der Waals surface area contributed by atoms with Crippen molar-refractivity contribution in [3.63, 3.8) is 0 Å². The number of nitrogens with one attached hydrogen (secondary N) is 1. The van der Waals surface area contributed by atoms with Crippen LogP contribution >= 0.6 is 11.6 Å². The van der Waals surface area contributed by atoms with E-state index in [0.717, 1.165) is 56.9 Å². The van der Waals surface area contributed by atoms with E-state index in [1.54, 1.807) is 12.1 Å². The van der Waals surface area contributed by atoms with Crippen LogP contribution in [0.5, 0.6) is 0 Å². The van der Waals surface area contributed by atoms with Crippen molar-refractivity contribution in [2.24, 2.45) is 23.7 Å². The highest BCUT2D eigenvalue weighted by atomic mass is 35.5. The number of hydrogen-bond acceptors (Lipinski definition) is 0. The van der Waals surface area contributed by atoms with Gasteiger partial charge >= 0.3 is 0 Å². The van der Waals surface area contributed by atoms with Gasteiger partial charge in [-0.2, -0.15) is 0 Å². The predicted molar refractivity (Wildman–Crippen MR) is 98.0 cm³/mol. The molecule has 24 heavy (non-hydrogen) atoms. The molecule has 3 aromatic rings. The van der Waals surface area contributed by atoms with Gasteiger partial charge in [-0.3, -0.25) is 0 Å². The summed E-state index contributed by atoms with van der Waals surface area (Å²) in [6, 6.07) is 9.11. The molecule has 2 atom stereocenters. The average molecular weight is 342 g/mol. The average Bonchev–Trinajstić information content (AvgIpc) is 2.89. The van der Waals surface area contributed by atoms with Gasteiger partial charge in [0.15, 0.2) is 0 Å². The molecule has 1 aromatic heterocycles. The van der Waals surface area contributed by atoms with Crippen LogP contribution in [-0.2, 0) is 6.42 Å². The largest absolute Gasteiger partial charge is 0.353 e. The zero-order chi connectivity index (χ0) is 16.4. The summed E-state index contributed by atoms with van der Waals surface area (Å²) in [7, 11) is 0. The van der Waals surface area contributed by atoms with Gasteiger partial charge in [0.05, 0.1) is 10.5 Å². The molecule has 2 aromatic carbocycles. The molecule has 3 heteroatoms. The van der Waals surface area contributed by atoms with Crippen molar-refractivity contribution >= 4 is 33.4 Å². The number of halogens is 2. The zero-order valence-corrected chi connectivity index (χ0v) is 14.5. The van der Waals surface area contributed by atoms with Crippen LogP contribution in [0.4, 0.5) is 4.39 Å². The van der Waals surface area contributed by atoms with Crippen LogP contribution in [-0.4, -0.2) is 4.98 Å². The highest BCUT2D eigenvalue weighted by molar-refractivity contribution is 6.37. The van der Waals surface area contributed by atoms with Crippen LogP contribution in [0, 0.1) is 29.5 Å². The molecule has 1 nitrogen and oxygen atoms in total. The van der Waals surface area contributed by atoms with Crippen molar-refractivity contribution in [2.45, 2.75) is 32.6 Å². The first-order chi connectivity index (χ1) is 11.6. The van der Waals surface area contributed by atoms with E-state index < -0.39 is 0 Å². The quantitative estimate of drug-likeness (QED) is 0.560. The SMILES string of the molecule is CC1C(Cc2ccc3c([nH]c4ccc(F)cc43)c2Cl)CC2CC1C2. The van der Waals surface area contributed by atoms with E-state index in [-0.39, 0.29) is 5.82 Å². The van der Waals surface area contributed by atoms with Gasteiger partial charge in [0.25, 0.3) is 0 Å². The molecule has 0 saturated heterocycles. The van der Waals surface area contributed by atoms with Gasteiger partial charge in [-0.05, 0) is 73.1 Å². The third-order valence-corrected chi connectivity index (χ3v) is 7.06. The number of benzene rings is 2. The Morgan fingerprint density at radius 1 is 1.12 bits per heavy atom. The van der Waals surface area contributed by atoms with Crippen LogP contribution in [0.3, 0.4) is 0 Å². The fraction of sp³-hybridized carbons (Fsp3) is 0.429. The first-order valence-corrected chi connectivity index (χ1v) is 9.36. The molecule has 3 saturated carbocycles. The molecule has 3 aliphatic rings. The van der Waals surface area contributed by atoms with E-state index in [1.807, 2.05) is 0 Å². The van der Waals surface area contributed by atoms with Crippen LogP contribution < -0.4 is 0 Å². The number of H-pyrrole nitrogens is 1. The van der Waals surface area contributed by atoms with Gasteiger partial charge < -0.3 is 4.98 Å². The molecule has 3 fully saturated rings. The fourth-order valence-corrected chi connectivity index (χ4v) is 5.38. The molecule has 1 heterocycles. The summed E-state index contributed by atoms with van der Waals surface area (Å²) >= 11 is 6.74. The van der Waals surface area contributed by atoms with Crippen molar-refractivity contribution < 1.29 is 4.39 Å². The first-order valence-electron chi connectivity index (χ1n) is 8.98. The lowest BCUT2D eigenvalue weighted by atomic mass is 9.55. The van der Waals surface area contributed by atoms with Crippen molar-refractivity contribution in [2.75, 3.05) is 0 Å². The van der Waals surface area contributed by atoms with E-state index in [2.05, 4.69) is 24.0 Å². The second-order valence-corrected chi connectivity index (χ2v) is 8.31. The third kappa shape index (κ3) is 2.12. The van der Waals surface area contributed by atoms with Crippen LogP contribution in [0.1, 0.15) is 31.7 Å². The van der Waals surface area contributed by atoms with Gasteiger partial charge in [-0.25, -0.2) is 4.39 Å². The Balaban J connectivity index is 1.55. The van der Waals surface area contributed by atoms with Gasteiger partial charge in [0, 0.05) is 16.3 Å². The highest BCUT2D eigenvalue weighted by Gasteiger charge is 2.43. The minimum Gasteiger partial charge on any atom is -0.353 e. The van der Waals surface area contributed by atoms with Gasteiger partial charge in [-0.15, -0.1) is 0 Å². The molecule has 124 valence electrons. The maximum atomic E-state index is 13.6. The standard InChI is InChI=1S/C21H21ClFN/c1-11-14-6-12(7-14)8-15(11)9-13-2-4-17-18-10-16(23)3-5-19(18)24-21(17)20(13)22/h2-5,10-12,14-15,24H,6-9H2,1H3. The number of fused-ring (bicyclic) bond motifs is 5. The fourth-order valence-electron chi connectivity index (χ4n) is 5.09. The molecule has 1 N–H and O–H groups in total. The number of hydrogen-bond donors (Lipinski definition) is 1. The molecule has 0 radical (unpaired) electrons. The van der Waals surface area contributed by atoms with E-state index in [0.29, 0.717) is 0 Å². The van der Waals surface area contributed by atoms with E-state index in [4.69, 9.17) is 11.6 Å². The zero-order valence-electron chi connectivity index (χ0n) is 13.8. The molecule has 6 rings (SSSR count). The summed E-state index contributed by atoms with van der Waals surface area (Å²) in [5, 5.41) is 2.74. The van der Waals surface area contributed by atoms with Crippen molar-refractivity contribution in [3.05, 3.63) is 46.7 Å². The maximum absolute atomic E-state index is 13.6. The number of aromatic amines is 1. The number of aromatic nitrogens is 1. The summed E-state index contributed by atoms with van der Waals surface area (Å²) < 4.78 is 13.6. The Hall–Kier alpha value is -1.54. The normalized spacial score (nSPS) is 29.1. The second-order valence-electron chi connectivity index (χ2n) is 7.93. The molecule has 2 bridgehead atoms. The third-order valence-electron chi connectivity index (χ3n) is 6.63. The van der Waals surface area contributed by atoms with Gasteiger partial charge in [-0.1, -0.05) is 30.7 Å². The first kappa shape index (κ1) is 14.8. The van der Waals surface area contributed by atoms with Crippen LogP contribution in [0.2, 0.25) is 5.02 Å². The molecule has 0 amide bonds. The van der Waals surface area contributed by atoms with Gasteiger partial charge in [0.2, 0.25) is 0 Å². The molecule has 0 aliphatic heterocycles. The summed E-state index contributed by atoms with van der Waals surface area (Å²) in [6.45, 7) is 2.42. The Morgan fingerprint density at radius 2 is 1.96 bits per heavy atom. The number of rotatable bonds is 2. The molecular formula is C21H21ClFN. The Morgan fingerprint density at radius 3 is 2.75 bits per heavy atom. The van der Waals surface area contributed by atoms with Crippen LogP contribution in [0.15, 0.2) is 30.3 Å². The molecule has 0 spiro atoms. The van der Waals surface area contributed by atoms with E-state index in [1.165, 1.54) is 30.9 Å². The van der Waals surface area contributed by atoms with Gasteiger partial charge in [0.1, 0.15) is 5.82 Å². The lowest BCUT2D eigenvalue weighted by Crippen LogP contribution is -2.41. The minimum absolute atomic E-state index is 0.209. The minimum atomic E-state index is -0.209. The molecular weight excluding hydrogens is 321 g/mol. The monoisotopic (exact) mass is 341 g/mol. The molecule has 2 unspecified atom stereocenters. The highest BCUT2D eigenvalue weighted by Crippen LogP contribution is 2.52. The Kier molecular flexibility index (Phi) is 3.22. The topological polar surface area (TPSA) is 15.8 Å². The smallest absolute Gasteiger partial charge is 0.123 e. The van der Waals surface area contributed by atoms with Crippen molar-refractivity contribution in [1.29, 1.82) is 0 Å². The lowest BCUT2D eigenvalue weighted by molar-refractivity contribution is 0.00778. The lowest BCUT2D eigenvalue weighted by Gasteiger charge is -2.50. The summed E-state index contributed by atoms with van der Waals surface area (Å²) in [5.41, 5.74) is 3.12. The molecule has 3 aliphatic carbocycles.